The van der Waals surface area contributed by atoms with Crippen LogP contribution in [0.2, 0.25) is 0 Å². The van der Waals surface area contributed by atoms with Crippen molar-refractivity contribution in [2.75, 3.05) is 0 Å². The van der Waals surface area contributed by atoms with E-state index in [1.807, 2.05) is 59.3 Å². The smallest absolute Gasteiger partial charge is 0.252 e. The maximum absolute atomic E-state index is 12.6. The summed E-state index contributed by atoms with van der Waals surface area (Å²) >= 11 is 1.60. The molecule has 0 saturated carbocycles. The predicted molar refractivity (Wildman–Crippen MR) is 104 cm³/mol. The second-order valence-corrected chi connectivity index (χ2v) is 6.85. The highest BCUT2D eigenvalue weighted by molar-refractivity contribution is 7.98. The molecule has 0 spiro atoms. The Morgan fingerprint density at radius 2 is 1.85 bits per heavy atom. The first-order valence-corrected chi connectivity index (χ1v) is 9.47. The highest BCUT2D eigenvalue weighted by atomic mass is 32.2. The van der Waals surface area contributed by atoms with Gasteiger partial charge in [-0.3, -0.25) is 4.79 Å². The molecule has 0 saturated heterocycles. The molecule has 0 aliphatic rings. The van der Waals surface area contributed by atoms with Gasteiger partial charge in [-0.25, -0.2) is 15.0 Å². The van der Waals surface area contributed by atoms with Crippen LogP contribution >= 0.6 is 11.8 Å². The van der Waals surface area contributed by atoms with Gasteiger partial charge in [-0.2, -0.15) is 0 Å². The summed E-state index contributed by atoms with van der Waals surface area (Å²) in [5.74, 6) is 1.13. The molecule has 1 N–H and O–H groups in total. The molecular formula is C20H17N5OS. The van der Waals surface area contributed by atoms with Crippen molar-refractivity contribution in [3.63, 3.8) is 0 Å². The standard InChI is InChI=1S/C20H17N5OS/c26-20(23-12-18-21-9-5-10-22-18)16-6-1-2-7-17(16)27-14-15-13-25-11-4-3-8-19(25)24-15/h1-11,13H,12,14H2,(H,23,26). The molecule has 27 heavy (non-hydrogen) atoms. The van der Waals surface area contributed by atoms with Gasteiger partial charge in [-0.05, 0) is 30.3 Å². The number of benzene rings is 1. The minimum Gasteiger partial charge on any atom is -0.345 e. The molecule has 1 amide bonds. The van der Waals surface area contributed by atoms with Crippen molar-refractivity contribution < 1.29 is 4.79 Å². The van der Waals surface area contributed by atoms with Crippen LogP contribution in [0, 0.1) is 0 Å². The van der Waals surface area contributed by atoms with E-state index in [0.717, 1.165) is 16.2 Å². The maximum atomic E-state index is 12.6. The van der Waals surface area contributed by atoms with Gasteiger partial charge in [0.05, 0.1) is 17.8 Å². The Balaban J connectivity index is 1.44. The summed E-state index contributed by atoms with van der Waals surface area (Å²) in [7, 11) is 0. The number of rotatable bonds is 6. The van der Waals surface area contributed by atoms with Crippen molar-refractivity contribution in [2.45, 2.75) is 17.2 Å². The predicted octanol–water partition coefficient (Wildman–Crippen LogP) is 3.35. The number of aromatic nitrogens is 4. The van der Waals surface area contributed by atoms with Crippen LogP contribution in [0.5, 0.6) is 0 Å². The van der Waals surface area contributed by atoms with Gasteiger partial charge < -0.3 is 9.72 Å². The molecule has 0 fully saturated rings. The topological polar surface area (TPSA) is 72.2 Å². The number of hydrogen-bond donors (Lipinski definition) is 1. The summed E-state index contributed by atoms with van der Waals surface area (Å²) in [6.07, 6.45) is 7.31. The lowest BCUT2D eigenvalue weighted by molar-refractivity contribution is 0.0947. The Bertz CT molecular complexity index is 1030. The minimum atomic E-state index is -0.138. The summed E-state index contributed by atoms with van der Waals surface area (Å²) in [6, 6.07) is 15.2. The van der Waals surface area contributed by atoms with E-state index >= 15 is 0 Å². The molecule has 134 valence electrons. The SMILES string of the molecule is O=C(NCc1ncccn1)c1ccccc1SCc1cn2ccccc2n1. The quantitative estimate of drug-likeness (QED) is 0.523. The second-order valence-electron chi connectivity index (χ2n) is 5.83. The Morgan fingerprint density at radius 1 is 1.04 bits per heavy atom. The first-order valence-electron chi connectivity index (χ1n) is 8.48. The lowest BCUT2D eigenvalue weighted by Crippen LogP contribution is -2.24. The zero-order chi connectivity index (χ0) is 18.5. The molecule has 0 atom stereocenters. The lowest BCUT2D eigenvalue weighted by atomic mass is 10.2. The maximum Gasteiger partial charge on any atom is 0.252 e. The molecule has 0 radical (unpaired) electrons. The number of pyridine rings is 1. The molecule has 0 aliphatic heterocycles. The van der Waals surface area contributed by atoms with Crippen molar-refractivity contribution in [1.29, 1.82) is 0 Å². The van der Waals surface area contributed by atoms with Gasteiger partial charge in [0.25, 0.3) is 5.91 Å². The largest absolute Gasteiger partial charge is 0.345 e. The molecule has 7 heteroatoms. The number of nitrogens with one attached hydrogen (secondary N) is 1. The summed E-state index contributed by atoms with van der Waals surface area (Å²) in [5, 5.41) is 2.88. The summed E-state index contributed by atoms with van der Waals surface area (Å²) in [4.78, 5) is 26.4. The van der Waals surface area contributed by atoms with Crippen LogP contribution < -0.4 is 5.32 Å². The van der Waals surface area contributed by atoms with Crippen LogP contribution in [0.25, 0.3) is 5.65 Å². The van der Waals surface area contributed by atoms with Crippen LogP contribution in [0.3, 0.4) is 0 Å². The molecule has 1 aromatic carbocycles. The van der Waals surface area contributed by atoms with Gasteiger partial charge in [0.1, 0.15) is 11.5 Å². The third kappa shape index (κ3) is 4.15. The van der Waals surface area contributed by atoms with Crippen molar-refractivity contribution in [1.82, 2.24) is 24.7 Å². The zero-order valence-electron chi connectivity index (χ0n) is 14.4. The molecule has 0 unspecified atom stereocenters. The molecule has 0 bridgehead atoms. The number of amides is 1. The number of carbonyl (C=O) groups is 1. The zero-order valence-corrected chi connectivity index (χ0v) is 15.3. The van der Waals surface area contributed by atoms with Gasteiger partial charge >= 0.3 is 0 Å². The van der Waals surface area contributed by atoms with E-state index in [4.69, 9.17) is 0 Å². The van der Waals surface area contributed by atoms with E-state index in [1.165, 1.54) is 0 Å². The molecule has 3 heterocycles. The number of carbonyl (C=O) groups excluding carboxylic acids is 1. The Labute approximate surface area is 160 Å². The fourth-order valence-corrected chi connectivity index (χ4v) is 3.60. The van der Waals surface area contributed by atoms with Crippen LogP contribution in [-0.4, -0.2) is 25.3 Å². The number of nitrogens with zero attached hydrogens (tertiary/aromatic N) is 4. The van der Waals surface area contributed by atoms with Crippen molar-refractivity contribution in [3.8, 4) is 0 Å². The molecule has 3 aromatic heterocycles. The average Bonchev–Trinajstić information content (AvgIpc) is 3.14. The molecule has 4 aromatic rings. The fraction of sp³-hybridized carbons (Fsp3) is 0.100. The number of thioether (sulfide) groups is 1. The van der Waals surface area contributed by atoms with Gasteiger partial charge in [0, 0.05) is 35.4 Å². The minimum absolute atomic E-state index is 0.138. The number of imidazole rings is 1. The van der Waals surface area contributed by atoms with Crippen molar-refractivity contribution >= 4 is 23.3 Å². The third-order valence-corrected chi connectivity index (χ3v) is 5.05. The van der Waals surface area contributed by atoms with Crippen LogP contribution in [-0.2, 0) is 12.3 Å². The van der Waals surface area contributed by atoms with Crippen LogP contribution in [0.15, 0.2) is 78.2 Å². The van der Waals surface area contributed by atoms with Crippen LogP contribution in [0.1, 0.15) is 21.9 Å². The first-order chi connectivity index (χ1) is 13.3. The third-order valence-electron chi connectivity index (χ3n) is 3.95. The van der Waals surface area contributed by atoms with Gasteiger partial charge in [0.2, 0.25) is 0 Å². The highest BCUT2D eigenvalue weighted by Gasteiger charge is 2.12. The van der Waals surface area contributed by atoms with E-state index in [9.17, 15) is 4.79 Å². The molecule has 6 nitrogen and oxygen atoms in total. The average molecular weight is 375 g/mol. The van der Waals surface area contributed by atoms with Crippen LogP contribution in [0.4, 0.5) is 0 Å². The van der Waals surface area contributed by atoms with E-state index in [1.54, 1.807) is 30.2 Å². The van der Waals surface area contributed by atoms with Gasteiger partial charge in [0.15, 0.2) is 0 Å². The normalized spacial score (nSPS) is 10.8. The van der Waals surface area contributed by atoms with Crippen molar-refractivity contribution in [3.05, 3.63) is 90.4 Å². The summed E-state index contributed by atoms with van der Waals surface area (Å²) < 4.78 is 1.99. The summed E-state index contributed by atoms with van der Waals surface area (Å²) in [5.41, 5.74) is 2.53. The molecule has 0 aliphatic carbocycles. The fourth-order valence-electron chi connectivity index (χ4n) is 2.66. The lowest BCUT2D eigenvalue weighted by Gasteiger charge is -2.09. The monoisotopic (exact) mass is 375 g/mol. The number of fused-ring (bicyclic) bond motifs is 1. The van der Waals surface area contributed by atoms with E-state index in [0.29, 0.717) is 23.7 Å². The van der Waals surface area contributed by atoms with E-state index < -0.39 is 0 Å². The molecular weight excluding hydrogens is 358 g/mol. The van der Waals surface area contributed by atoms with Crippen molar-refractivity contribution in [2.24, 2.45) is 0 Å². The Kier molecular flexibility index (Phi) is 5.11. The van der Waals surface area contributed by atoms with Gasteiger partial charge in [-0.15, -0.1) is 11.8 Å². The highest BCUT2D eigenvalue weighted by Crippen LogP contribution is 2.26. The van der Waals surface area contributed by atoms with Gasteiger partial charge in [-0.1, -0.05) is 18.2 Å². The van der Waals surface area contributed by atoms with E-state index in [2.05, 4.69) is 20.3 Å². The molecule has 4 rings (SSSR count). The Morgan fingerprint density at radius 3 is 2.70 bits per heavy atom. The second kappa shape index (κ2) is 8.01. The van der Waals surface area contributed by atoms with E-state index in [-0.39, 0.29) is 5.91 Å². The summed E-state index contributed by atoms with van der Waals surface area (Å²) in [6.45, 7) is 0.297. The Hall–Kier alpha value is -3.19. The first kappa shape index (κ1) is 17.2. The number of hydrogen-bond acceptors (Lipinski definition) is 5.